The fourth-order valence-electron chi connectivity index (χ4n) is 5.18. The maximum absolute atomic E-state index is 13.7. The molecule has 48 heavy (non-hydrogen) atoms. The normalized spacial score (nSPS) is 15.5. The van der Waals surface area contributed by atoms with Crippen molar-refractivity contribution in [3.8, 4) is 5.75 Å². The maximum Gasteiger partial charge on any atom is 0.337 e. The molecule has 0 radical (unpaired) electrons. The molecule has 6 rings (SSSR count). The first-order valence-electron chi connectivity index (χ1n) is 14.7. The van der Waals surface area contributed by atoms with Crippen LogP contribution in [0.5, 0.6) is 5.75 Å². The van der Waals surface area contributed by atoms with Gasteiger partial charge in [0.25, 0.3) is 5.78 Å². The number of aromatic nitrogens is 2. The summed E-state index contributed by atoms with van der Waals surface area (Å²) in [6.45, 7) is 2.38. The van der Waals surface area contributed by atoms with Crippen molar-refractivity contribution in [3.63, 3.8) is 0 Å². The molecule has 1 N–H and O–H groups in total. The molecule has 12 heteroatoms. The van der Waals surface area contributed by atoms with E-state index in [2.05, 4.69) is 10.2 Å². The zero-order valence-electron chi connectivity index (χ0n) is 25.8. The first kappa shape index (κ1) is 33.0. The third kappa shape index (κ3) is 6.84. The van der Waals surface area contributed by atoms with Gasteiger partial charge >= 0.3 is 11.9 Å². The van der Waals surface area contributed by atoms with E-state index < -0.39 is 23.7 Å². The highest BCUT2D eigenvalue weighted by molar-refractivity contribution is 8.00. The molecule has 1 saturated heterocycles. The van der Waals surface area contributed by atoms with Crippen molar-refractivity contribution < 1.29 is 29.0 Å². The summed E-state index contributed by atoms with van der Waals surface area (Å²) in [5.41, 5.74) is 4.03. The van der Waals surface area contributed by atoms with E-state index in [0.29, 0.717) is 38.6 Å². The Labute approximate surface area is 289 Å². The van der Waals surface area contributed by atoms with Gasteiger partial charge in [0.05, 0.1) is 24.3 Å². The van der Waals surface area contributed by atoms with Crippen LogP contribution in [-0.2, 0) is 26.7 Å². The quantitative estimate of drug-likeness (QED) is 0.0390. The lowest BCUT2D eigenvalue weighted by molar-refractivity contribution is -0.132. The third-order valence-corrected chi connectivity index (χ3v) is 10.3. The number of thioether (sulfide) groups is 1. The van der Waals surface area contributed by atoms with E-state index in [1.165, 1.54) is 35.9 Å². The van der Waals surface area contributed by atoms with Crippen LogP contribution in [0.1, 0.15) is 44.2 Å². The predicted octanol–water partition coefficient (Wildman–Crippen LogP) is 7.78. The number of esters is 1. The van der Waals surface area contributed by atoms with E-state index >= 15 is 0 Å². The van der Waals surface area contributed by atoms with Crippen molar-refractivity contribution in [2.45, 2.75) is 29.7 Å². The number of carbonyl (C=O) groups excluding carboxylic acids is 3. The smallest absolute Gasteiger partial charge is 0.337 e. The van der Waals surface area contributed by atoms with E-state index in [0.717, 1.165) is 28.0 Å². The average Bonchev–Trinajstić information content (AvgIpc) is 3.68. The van der Waals surface area contributed by atoms with Crippen molar-refractivity contribution in [1.82, 2.24) is 10.2 Å². The van der Waals surface area contributed by atoms with Gasteiger partial charge in [-0.05, 0) is 71.6 Å². The standard InChI is InChI=1S/C36H28ClN3O6S2/c1-21-7-3-4-8-25(21)19-46-27-17-15-23(16-18-27)31(41)29-30(22-11-13-24(14-12-22)34(44)45-2)40(33(43)32(29)42)35-38-39-36(48-35)47-20-26-9-5-6-10-28(26)37/h3-18,30,41H,19-20H2,1-2H3/b31-29+. The largest absolute Gasteiger partial charge is 0.507 e. The summed E-state index contributed by atoms with van der Waals surface area (Å²) in [7, 11) is 1.28. The Morgan fingerprint density at radius 3 is 2.27 bits per heavy atom. The van der Waals surface area contributed by atoms with Crippen molar-refractivity contribution in [2.24, 2.45) is 0 Å². The van der Waals surface area contributed by atoms with Crippen molar-refractivity contribution in [2.75, 3.05) is 12.0 Å². The highest BCUT2D eigenvalue weighted by Gasteiger charge is 2.48. The number of aliphatic hydroxyl groups is 1. The topological polar surface area (TPSA) is 119 Å². The maximum atomic E-state index is 13.7. The van der Waals surface area contributed by atoms with Crippen LogP contribution in [-0.4, -0.2) is 40.1 Å². The Morgan fingerprint density at radius 2 is 1.58 bits per heavy atom. The van der Waals surface area contributed by atoms with Crippen LogP contribution in [0.25, 0.3) is 5.76 Å². The van der Waals surface area contributed by atoms with Gasteiger partial charge in [0.2, 0.25) is 5.13 Å². The van der Waals surface area contributed by atoms with Gasteiger partial charge in [-0.2, -0.15) is 0 Å². The Bertz CT molecular complexity index is 2030. The Balaban J connectivity index is 1.33. The minimum atomic E-state index is -1.05. The second-order valence-corrected chi connectivity index (χ2v) is 13.3. The number of hydrogen-bond acceptors (Lipinski definition) is 10. The number of methoxy groups -OCH3 is 1. The lowest BCUT2D eigenvalue weighted by Crippen LogP contribution is -2.29. The number of anilines is 1. The van der Waals surface area contributed by atoms with Crippen molar-refractivity contribution >= 4 is 63.3 Å². The molecule has 1 aliphatic heterocycles. The zero-order chi connectivity index (χ0) is 33.8. The lowest BCUT2D eigenvalue weighted by atomic mass is 9.94. The number of carbonyl (C=O) groups is 3. The monoisotopic (exact) mass is 697 g/mol. The van der Waals surface area contributed by atoms with Gasteiger partial charge in [0, 0.05) is 16.3 Å². The number of ether oxygens (including phenoxy) is 2. The van der Waals surface area contributed by atoms with Crippen LogP contribution >= 0.6 is 34.7 Å². The van der Waals surface area contributed by atoms with Crippen LogP contribution < -0.4 is 9.64 Å². The number of halogens is 1. The van der Waals surface area contributed by atoms with E-state index in [-0.39, 0.29) is 22.0 Å². The average molecular weight is 698 g/mol. The predicted molar refractivity (Wildman–Crippen MR) is 185 cm³/mol. The number of ketones is 1. The summed E-state index contributed by atoms with van der Waals surface area (Å²) < 4.78 is 11.3. The van der Waals surface area contributed by atoms with Crippen LogP contribution in [0.15, 0.2) is 107 Å². The second kappa shape index (κ2) is 14.4. The number of benzene rings is 4. The number of aliphatic hydroxyl groups excluding tert-OH is 1. The van der Waals surface area contributed by atoms with Gasteiger partial charge in [-0.15, -0.1) is 10.2 Å². The van der Waals surface area contributed by atoms with Crippen molar-refractivity contribution in [3.05, 3.63) is 141 Å². The number of hydrogen-bond donors (Lipinski definition) is 1. The first-order chi connectivity index (χ1) is 23.2. The Hall–Kier alpha value is -4.97. The fourth-order valence-corrected chi connectivity index (χ4v) is 7.33. The van der Waals surface area contributed by atoms with E-state index in [1.807, 2.05) is 49.4 Å². The minimum absolute atomic E-state index is 0.125. The molecular weight excluding hydrogens is 670 g/mol. The van der Waals surface area contributed by atoms with Gasteiger partial charge in [0.15, 0.2) is 4.34 Å². The van der Waals surface area contributed by atoms with Gasteiger partial charge in [-0.3, -0.25) is 14.5 Å². The van der Waals surface area contributed by atoms with Crippen LogP contribution in [0, 0.1) is 6.92 Å². The van der Waals surface area contributed by atoms with Gasteiger partial charge < -0.3 is 14.6 Å². The molecule has 2 heterocycles. The highest BCUT2D eigenvalue weighted by Crippen LogP contribution is 2.44. The molecule has 1 amide bonds. The molecule has 5 aromatic rings. The summed E-state index contributed by atoms with van der Waals surface area (Å²) in [6, 6.07) is 27.3. The molecule has 1 fully saturated rings. The molecule has 1 aromatic heterocycles. The molecule has 0 aliphatic carbocycles. The van der Waals surface area contributed by atoms with E-state index in [4.69, 9.17) is 21.1 Å². The molecule has 0 saturated carbocycles. The van der Waals surface area contributed by atoms with Crippen molar-refractivity contribution in [1.29, 1.82) is 0 Å². The molecule has 1 aliphatic rings. The molecule has 0 spiro atoms. The molecule has 1 atom stereocenters. The molecule has 242 valence electrons. The SMILES string of the molecule is COC(=O)c1ccc(C2/C(=C(\O)c3ccc(OCc4ccccc4C)cc3)C(=O)C(=O)N2c2nnc(SCc3ccccc3Cl)s2)cc1. The number of Topliss-reactive ketones (excluding diaryl/α,β-unsaturated/α-hetero) is 1. The van der Waals surface area contributed by atoms with E-state index in [1.54, 1.807) is 42.5 Å². The third-order valence-electron chi connectivity index (χ3n) is 7.79. The zero-order valence-corrected chi connectivity index (χ0v) is 28.1. The molecular formula is C36H28ClN3O6S2. The summed E-state index contributed by atoms with van der Waals surface area (Å²) in [5, 5.41) is 20.9. The molecule has 1 unspecified atom stereocenters. The minimum Gasteiger partial charge on any atom is -0.507 e. The number of nitrogens with zero attached hydrogens (tertiary/aromatic N) is 3. The van der Waals surface area contributed by atoms with Crippen LogP contribution in [0.3, 0.4) is 0 Å². The second-order valence-electron chi connectivity index (χ2n) is 10.8. The van der Waals surface area contributed by atoms with Gasteiger partial charge in [-0.25, -0.2) is 4.79 Å². The summed E-state index contributed by atoms with van der Waals surface area (Å²) in [5.74, 6) is -1.55. The molecule has 9 nitrogen and oxygen atoms in total. The fraction of sp³-hybridized carbons (Fsp3) is 0.139. The van der Waals surface area contributed by atoms with Gasteiger partial charge in [-0.1, -0.05) is 89.3 Å². The first-order valence-corrected chi connectivity index (χ1v) is 16.9. The summed E-state index contributed by atoms with van der Waals surface area (Å²) in [4.78, 5) is 40.7. The Morgan fingerprint density at radius 1 is 0.917 bits per heavy atom. The summed E-state index contributed by atoms with van der Waals surface area (Å²) >= 11 is 8.85. The highest BCUT2D eigenvalue weighted by atomic mass is 35.5. The molecule has 4 aromatic carbocycles. The van der Waals surface area contributed by atoms with Gasteiger partial charge in [0.1, 0.15) is 18.1 Å². The van der Waals surface area contributed by atoms with Crippen LogP contribution in [0.4, 0.5) is 5.13 Å². The van der Waals surface area contributed by atoms with E-state index in [9.17, 15) is 19.5 Å². The Kier molecular flexibility index (Phi) is 9.90. The number of amides is 1. The molecule has 0 bridgehead atoms. The lowest BCUT2D eigenvalue weighted by Gasteiger charge is -2.22. The summed E-state index contributed by atoms with van der Waals surface area (Å²) in [6.07, 6.45) is 0. The number of rotatable bonds is 10. The van der Waals surface area contributed by atoms with Crippen LogP contribution in [0.2, 0.25) is 5.02 Å². The number of aryl methyl sites for hydroxylation is 1.